The number of nitrogens with zero attached hydrogens (tertiary/aromatic N) is 1. The molecule has 1 heterocycles. The predicted octanol–water partition coefficient (Wildman–Crippen LogP) is 4.33. The van der Waals surface area contributed by atoms with Crippen molar-refractivity contribution < 1.29 is 42.9 Å². The maximum atomic E-state index is 13.3. The molecule has 3 aromatic carbocycles. The number of anilines is 2. The van der Waals surface area contributed by atoms with Crippen LogP contribution in [0.2, 0.25) is 0 Å². The molecule has 0 unspecified atom stereocenters. The molecule has 0 atom stereocenters. The number of esters is 1. The van der Waals surface area contributed by atoms with Crippen LogP contribution in [0.1, 0.15) is 22.8 Å². The Morgan fingerprint density at radius 3 is 2.30 bits per heavy atom. The summed E-state index contributed by atoms with van der Waals surface area (Å²) >= 11 is 3.41. The third kappa shape index (κ3) is 7.19. The minimum Gasteiger partial charge on any atom is -0.497 e. The highest BCUT2D eigenvalue weighted by molar-refractivity contribution is 9.10. The minimum absolute atomic E-state index is 0.140. The quantitative estimate of drug-likeness (QED) is 0.186. The van der Waals surface area contributed by atoms with Crippen molar-refractivity contribution in [2.24, 2.45) is 0 Å². The summed E-state index contributed by atoms with van der Waals surface area (Å²) in [5.74, 6) is -1.63. The number of methoxy groups -OCH3 is 2. The fraction of sp³-hybridized carbons (Fsp3) is 0.167. The van der Waals surface area contributed by atoms with Gasteiger partial charge in [-0.05, 0) is 95.2 Å². The first-order valence-electron chi connectivity index (χ1n) is 12.8. The summed E-state index contributed by atoms with van der Waals surface area (Å²) in [7, 11) is 2.78. The van der Waals surface area contributed by atoms with Gasteiger partial charge < -0.3 is 24.3 Å². The number of halogens is 1. The fourth-order valence-electron chi connectivity index (χ4n) is 4.01. The van der Waals surface area contributed by atoms with Crippen LogP contribution in [0.4, 0.5) is 16.2 Å². The largest absolute Gasteiger partial charge is 0.497 e. The van der Waals surface area contributed by atoms with Crippen LogP contribution in [-0.2, 0) is 19.1 Å². The van der Waals surface area contributed by atoms with E-state index < -0.39 is 29.7 Å². The number of imide groups is 2. The van der Waals surface area contributed by atoms with Gasteiger partial charge in [-0.2, -0.15) is 0 Å². The van der Waals surface area contributed by atoms with Gasteiger partial charge in [0.15, 0.2) is 18.1 Å². The van der Waals surface area contributed by atoms with E-state index in [1.807, 2.05) is 0 Å². The molecule has 0 saturated carbocycles. The molecular formula is C30H26BrN3O9. The fourth-order valence-corrected chi connectivity index (χ4v) is 4.58. The van der Waals surface area contributed by atoms with Crippen LogP contribution in [0, 0.1) is 0 Å². The molecule has 0 bridgehead atoms. The second-order valence-electron chi connectivity index (χ2n) is 8.82. The molecule has 0 aromatic heterocycles. The number of carbonyl (C=O) groups excluding carboxylic acids is 5. The standard InChI is InChI=1S/C30H26BrN3O9/c1-4-42-24-15-17(14-23(31)26(24)43-16-25(35)32-19-7-11-21(40-2)12-8-19)13-22-27(36)33-30(39)34(28(22)37)20-9-5-18(6-10-20)29(38)41-3/h5-15H,4,16H2,1-3H3,(H,32,35)(H,33,36,39)/b22-13-. The molecule has 1 saturated heterocycles. The van der Waals surface area contributed by atoms with Crippen molar-refractivity contribution in [2.75, 3.05) is 37.7 Å². The molecule has 1 aliphatic heterocycles. The topological polar surface area (TPSA) is 150 Å². The summed E-state index contributed by atoms with van der Waals surface area (Å²) in [6, 6.07) is 14.5. The van der Waals surface area contributed by atoms with E-state index in [4.69, 9.17) is 14.2 Å². The summed E-state index contributed by atoms with van der Waals surface area (Å²) in [5.41, 5.74) is 0.971. The van der Waals surface area contributed by atoms with Crippen LogP contribution in [0.3, 0.4) is 0 Å². The molecule has 3 aromatic rings. The highest BCUT2D eigenvalue weighted by Crippen LogP contribution is 2.38. The van der Waals surface area contributed by atoms with Gasteiger partial charge in [0, 0.05) is 5.69 Å². The van der Waals surface area contributed by atoms with Gasteiger partial charge in [0.1, 0.15) is 11.3 Å². The van der Waals surface area contributed by atoms with E-state index in [2.05, 4.69) is 31.3 Å². The zero-order valence-corrected chi connectivity index (χ0v) is 24.9. The number of barbiturate groups is 1. The maximum absolute atomic E-state index is 13.3. The van der Waals surface area contributed by atoms with Crippen LogP contribution in [0.25, 0.3) is 6.08 Å². The second kappa shape index (κ2) is 13.7. The van der Waals surface area contributed by atoms with E-state index >= 15 is 0 Å². The Morgan fingerprint density at radius 2 is 1.67 bits per heavy atom. The molecule has 0 spiro atoms. The summed E-state index contributed by atoms with van der Waals surface area (Å²) in [6.07, 6.45) is 1.30. The second-order valence-corrected chi connectivity index (χ2v) is 9.68. The van der Waals surface area contributed by atoms with Crippen molar-refractivity contribution in [1.29, 1.82) is 0 Å². The Kier molecular flexibility index (Phi) is 9.78. The third-order valence-corrected chi connectivity index (χ3v) is 6.60. The number of carbonyl (C=O) groups is 5. The average Bonchev–Trinajstić information content (AvgIpc) is 2.99. The summed E-state index contributed by atoms with van der Waals surface area (Å²) < 4.78 is 21.6. The van der Waals surface area contributed by atoms with Gasteiger partial charge in [-0.25, -0.2) is 14.5 Å². The lowest BCUT2D eigenvalue weighted by atomic mass is 10.1. The molecule has 0 aliphatic carbocycles. The molecular weight excluding hydrogens is 626 g/mol. The third-order valence-electron chi connectivity index (χ3n) is 6.01. The first-order valence-corrected chi connectivity index (χ1v) is 13.6. The number of amides is 5. The molecule has 2 N–H and O–H groups in total. The van der Waals surface area contributed by atoms with E-state index in [0.717, 1.165) is 4.90 Å². The summed E-state index contributed by atoms with van der Waals surface area (Å²) in [6.45, 7) is 1.67. The van der Waals surface area contributed by atoms with Gasteiger partial charge in [-0.3, -0.25) is 19.7 Å². The van der Waals surface area contributed by atoms with Crippen LogP contribution in [-0.4, -0.2) is 57.2 Å². The van der Waals surface area contributed by atoms with Gasteiger partial charge in [-0.15, -0.1) is 0 Å². The minimum atomic E-state index is -0.939. The number of benzene rings is 3. The monoisotopic (exact) mass is 651 g/mol. The lowest BCUT2D eigenvalue weighted by Gasteiger charge is -2.26. The highest BCUT2D eigenvalue weighted by Gasteiger charge is 2.37. The first-order chi connectivity index (χ1) is 20.6. The van der Waals surface area contributed by atoms with E-state index in [9.17, 15) is 24.0 Å². The number of hydrogen-bond acceptors (Lipinski definition) is 9. The zero-order chi connectivity index (χ0) is 31.1. The number of rotatable bonds is 10. The van der Waals surface area contributed by atoms with Crippen molar-refractivity contribution in [3.05, 3.63) is 81.8 Å². The Hall–Kier alpha value is -5.17. The van der Waals surface area contributed by atoms with Crippen molar-refractivity contribution >= 4 is 63.1 Å². The van der Waals surface area contributed by atoms with Crippen LogP contribution in [0.15, 0.2) is 70.7 Å². The van der Waals surface area contributed by atoms with Crippen molar-refractivity contribution in [2.45, 2.75) is 6.92 Å². The van der Waals surface area contributed by atoms with Crippen molar-refractivity contribution in [3.63, 3.8) is 0 Å². The molecule has 1 aliphatic rings. The summed E-state index contributed by atoms with van der Waals surface area (Å²) in [5, 5.41) is 4.87. The van der Waals surface area contributed by atoms with Gasteiger partial charge in [-0.1, -0.05) is 0 Å². The van der Waals surface area contributed by atoms with E-state index in [0.29, 0.717) is 21.5 Å². The average molecular weight is 652 g/mol. The molecule has 4 rings (SSSR count). The molecule has 5 amide bonds. The van der Waals surface area contributed by atoms with Gasteiger partial charge in [0.25, 0.3) is 17.7 Å². The van der Waals surface area contributed by atoms with E-state index in [1.165, 1.54) is 43.5 Å². The van der Waals surface area contributed by atoms with E-state index in [1.54, 1.807) is 44.4 Å². The molecule has 222 valence electrons. The lowest BCUT2D eigenvalue weighted by molar-refractivity contribution is -0.122. The smallest absolute Gasteiger partial charge is 0.337 e. The Morgan fingerprint density at radius 1 is 0.977 bits per heavy atom. The molecule has 0 radical (unpaired) electrons. The number of nitrogens with one attached hydrogen (secondary N) is 2. The predicted molar refractivity (Wildman–Crippen MR) is 159 cm³/mol. The zero-order valence-electron chi connectivity index (χ0n) is 23.3. The van der Waals surface area contributed by atoms with Gasteiger partial charge in [0.05, 0.1) is 36.6 Å². The first kappa shape index (κ1) is 30.8. The Labute approximate surface area is 254 Å². The van der Waals surface area contributed by atoms with Crippen LogP contribution < -0.4 is 29.7 Å². The number of urea groups is 1. The van der Waals surface area contributed by atoms with E-state index in [-0.39, 0.29) is 41.5 Å². The highest BCUT2D eigenvalue weighted by atomic mass is 79.9. The lowest BCUT2D eigenvalue weighted by Crippen LogP contribution is -2.54. The Bertz CT molecular complexity index is 1600. The molecule has 43 heavy (non-hydrogen) atoms. The SMILES string of the molecule is CCOc1cc(/C=C2/C(=O)NC(=O)N(c3ccc(C(=O)OC)cc3)C2=O)cc(Br)c1OCC(=O)Nc1ccc(OC)cc1. The van der Waals surface area contributed by atoms with Crippen molar-refractivity contribution in [1.82, 2.24) is 5.32 Å². The van der Waals surface area contributed by atoms with Gasteiger partial charge in [0.2, 0.25) is 0 Å². The molecule has 1 fully saturated rings. The molecule has 12 nitrogen and oxygen atoms in total. The van der Waals surface area contributed by atoms with Crippen molar-refractivity contribution in [3.8, 4) is 17.2 Å². The number of hydrogen-bond donors (Lipinski definition) is 2. The normalized spacial score (nSPS) is 13.8. The Balaban J connectivity index is 1.55. The van der Waals surface area contributed by atoms with Gasteiger partial charge >= 0.3 is 12.0 Å². The number of ether oxygens (including phenoxy) is 4. The van der Waals surface area contributed by atoms with Crippen LogP contribution in [0.5, 0.6) is 17.2 Å². The van der Waals surface area contributed by atoms with Crippen LogP contribution >= 0.6 is 15.9 Å². The maximum Gasteiger partial charge on any atom is 0.337 e. The molecule has 13 heteroatoms. The summed E-state index contributed by atoms with van der Waals surface area (Å²) in [4.78, 5) is 63.6.